The van der Waals surface area contributed by atoms with E-state index in [0.29, 0.717) is 6.42 Å². The average Bonchev–Trinajstić information content (AvgIpc) is 2.94. The summed E-state index contributed by atoms with van der Waals surface area (Å²) in [5.74, 6) is -1.43. The van der Waals surface area contributed by atoms with Gasteiger partial charge in [0, 0.05) is 37.0 Å². The summed E-state index contributed by atoms with van der Waals surface area (Å²) in [5.41, 5.74) is 0.243. The molecule has 0 spiro atoms. The van der Waals surface area contributed by atoms with Gasteiger partial charge in [-0.15, -0.1) is 0 Å². The molecule has 0 aliphatic heterocycles. The van der Waals surface area contributed by atoms with E-state index in [0.717, 1.165) is 17.8 Å². The standard InChI is InChI=1S/C13H13FN4O3/c1-8-4-10(18(20)21)5-11(12(8)14)13(19)16-3-2-9-6-15-7-17-9/h4-7H,2-3H2,1H3,(H,15,17)(H,16,19). The zero-order valence-corrected chi connectivity index (χ0v) is 11.2. The first kappa shape index (κ1) is 14.6. The number of aryl methyl sites for hydroxylation is 1. The highest BCUT2D eigenvalue weighted by atomic mass is 19.1. The second-order valence-electron chi connectivity index (χ2n) is 4.46. The van der Waals surface area contributed by atoms with Crippen LogP contribution in [0.3, 0.4) is 0 Å². The van der Waals surface area contributed by atoms with Gasteiger partial charge in [0.15, 0.2) is 0 Å². The molecule has 0 aliphatic rings. The SMILES string of the molecule is Cc1cc([N+](=O)[O-])cc(C(=O)NCCc2cnc[nH]2)c1F. The molecule has 0 unspecified atom stereocenters. The van der Waals surface area contributed by atoms with Crippen molar-refractivity contribution in [3.8, 4) is 0 Å². The zero-order chi connectivity index (χ0) is 15.4. The molecule has 0 saturated heterocycles. The van der Waals surface area contributed by atoms with Gasteiger partial charge in [0.2, 0.25) is 0 Å². The Hall–Kier alpha value is -2.77. The Morgan fingerprint density at radius 3 is 2.90 bits per heavy atom. The van der Waals surface area contributed by atoms with Crippen LogP contribution in [0.1, 0.15) is 21.6 Å². The van der Waals surface area contributed by atoms with Crippen LogP contribution in [0.5, 0.6) is 0 Å². The molecule has 1 aromatic carbocycles. The largest absolute Gasteiger partial charge is 0.352 e. The minimum absolute atomic E-state index is 0.0583. The molecule has 2 aromatic rings. The Morgan fingerprint density at radius 2 is 2.29 bits per heavy atom. The van der Waals surface area contributed by atoms with E-state index >= 15 is 0 Å². The lowest BCUT2D eigenvalue weighted by molar-refractivity contribution is -0.385. The maximum atomic E-state index is 13.9. The predicted molar refractivity (Wildman–Crippen MR) is 72.4 cm³/mol. The Bertz CT molecular complexity index is 670. The first-order valence-corrected chi connectivity index (χ1v) is 6.19. The number of carbonyl (C=O) groups excluding carboxylic acids is 1. The molecule has 0 radical (unpaired) electrons. The Morgan fingerprint density at radius 1 is 1.52 bits per heavy atom. The zero-order valence-electron chi connectivity index (χ0n) is 11.2. The van der Waals surface area contributed by atoms with E-state index in [1.165, 1.54) is 13.3 Å². The molecule has 110 valence electrons. The van der Waals surface area contributed by atoms with Crippen molar-refractivity contribution < 1.29 is 14.1 Å². The number of aromatic nitrogens is 2. The molecule has 1 aromatic heterocycles. The fraction of sp³-hybridized carbons (Fsp3) is 0.231. The maximum Gasteiger partial charge on any atom is 0.270 e. The summed E-state index contributed by atoms with van der Waals surface area (Å²) < 4.78 is 13.9. The van der Waals surface area contributed by atoms with Gasteiger partial charge in [0.25, 0.3) is 11.6 Å². The number of nitrogens with zero attached hydrogens (tertiary/aromatic N) is 2. The van der Waals surface area contributed by atoms with Crippen LogP contribution in [0.2, 0.25) is 0 Å². The van der Waals surface area contributed by atoms with Crippen molar-refractivity contribution in [3.63, 3.8) is 0 Å². The van der Waals surface area contributed by atoms with Crippen molar-refractivity contribution in [3.05, 3.63) is 57.4 Å². The maximum absolute atomic E-state index is 13.9. The molecule has 0 saturated carbocycles. The first-order valence-electron chi connectivity index (χ1n) is 6.19. The molecular formula is C13H13FN4O3. The number of nitro benzene ring substituents is 1. The van der Waals surface area contributed by atoms with E-state index in [1.807, 2.05) is 0 Å². The minimum Gasteiger partial charge on any atom is -0.352 e. The molecule has 1 heterocycles. The summed E-state index contributed by atoms with van der Waals surface area (Å²) in [7, 11) is 0. The lowest BCUT2D eigenvalue weighted by Gasteiger charge is -2.07. The average molecular weight is 292 g/mol. The molecule has 0 fully saturated rings. The highest BCUT2D eigenvalue weighted by Crippen LogP contribution is 2.20. The van der Waals surface area contributed by atoms with Gasteiger partial charge in [-0.05, 0) is 12.5 Å². The monoisotopic (exact) mass is 292 g/mol. The van der Waals surface area contributed by atoms with Crippen molar-refractivity contribution in [1.29, 1.82) is 0 Å². The number of aromatic amines is 1. The number of halogens is 1. The smallest absolute Gasteiger partial charge is 0.270 e. The van der Waals surface area contributed by atoms with Gasteiger partial charge in [-0.1, -0.05) is 0 Å². The Kier molecular flexibility index (Phi) is 4.27. The molecule has 2 rings (SSSR count). The number of nitrogens with one attached hydrogen (secondary N) is 2. The number of non-ortho nitro benzene ring substituents is 1. The molecule has 0 aliphatic carbocycles. The van der Waals surface area contributed by atoms with Crippen LogP contribution in [0, 0.1) is 22.9 Å². The number of carbonyl (C=O) groups is 1. The first-order chi connectivity index (χ1) is 9.99. The molecular weight excluding hydrogens is 279 g/mol. The summed E-state index contributed by atoms with van der Waals surface area (Å²) in [4.78, 5) is 28.7. The van der Waals surface area contributed by atoms with Gasteiger partial charge in [-0.3, -0.25) is 14.9 Å². The summed E-state index contributed by atoms with van der Waals surface area (Å²) in [6.45, 7) is 1.64. The molecule has 1 amide bonds. The molecule has 8 heteroatoms. The van der Waals surface area contributed by atoms with Crippen molar-refractivity contribution in [2.24, 2.45) is 0 Å². The topological polar surface area (TPSA) is 101 Å². The Balaban J connectivity index is 2.09. The van der Waals surface area contributed by atoms with Crippen LogP contribution in [0.15, 0.2) is 24.7 Å². The summed E-state index contributed by atoms with van der Waals surface area (Å²) in [5, 5.41) is 13.3. The predicted octanol–water partition coefficient (Wildman–Crippen LogP) is 1.74. The van der Waals surface area contributed by atoms with Crippen LogP contribution in [-0.4, -0.2) is 27.3 Å². The van der Waals surface area contributed by atoms with E-state index in [-0.39, 0.29) is 23.4 Å². The number of rotatable bonds is 5. The van der Waals surface area contributed by atoms with E-state index < -0.39 is 16.6 Å². The third kappa shape index (κ3) is 3.41. The third-order valence-corrected chi connectivity index (χ3v) is 2.93. The number of amides is 1. The van der Waals surface area contributed by atoms with Crippen molar-refractivity contribution in [1.82, 2.24) is 15.3 Å². The number of hydrogen-bond donors (Lipinski definition) is 2. The summed E-state index contributed by atoms with van der Waals surface area (Å²) >= 11 is 0. The quantitative estimate of drug-likeness (QED) is 0.647. The number of imidazole rings is 1. The number of hydrogen-bond acceptors (Lipinski definition) is 4. The fourth-order valence-corrected chi connectivity index (χ4v) is 1.85. The second-order valence-corrected chi connectivity index (χ2v) is 4.46. The second kappa shape index (κ2) is 6.12. The third-order valence-electron chi connectivity index (χ3n) is 2.93. The van der Waals surface area contributed by atoms with Crippen LogP contribution in [0.25, 0.3) is 0 Å². The van der Waals surface area contributed by atoms with Crippen LogP contribution in [0.4, 0.5) is 10.1 Å². The number of H-pyrrole nitrogens is 1. The number of benzene rings is 1. The van der Waals surface area contributed by atoms with Gasteiger partial charge >= 0.3 is 0 Å². The normalized spacial score (nSPS) is 10.4. The van der Waals surface area contributed by atoms with Crippen LogP contribution >= 0.6 is 0 Å². The van der Waals surface area contributed by atoms with Gasteiger partial charge in [0.1, 0.15) is 5.82 Å². The van der Waals surface area contributed by atoms with E-state index in [4.69, 9.17) is 0 Å². The summed E-state index contributed by atoms with van der Waals surface area (Å²) in [6, 6.07) is 2.03. The number of nitro groups is 1. The van der Waals surface area contributed by atoms with Gasteiger partial charge in [-0.25, -0.2) is 9.37 Å². The highest BCUT2D eigenvalue weighted by Gasteiger charge is 2.19. The van der Waals surface area contributed by atoms with Gasteiger partial charge in [0.05, 0.1) is 16.8 Å². The van der Waals surface area contributed by atoms with Gasteiger partial charge < -0.3 is 10.3 Å². The molecule has 0 bridgehead atoms. The molecule has 21 heavy (non-hydrogen) atoms. The highest BCUT2D eigenvalue weighted by molar-refractivity contribution is 5.95. The Labute approximate surface area is 119 Å². The van der Waals surface area contributed by atoms with E-state index in [2.05, 4.69) is 15.3 Å². The van der Waals surface area contributed by atoms with E-state index in [9.17, 15) is 19.3 Å². The molecule has 2 N–H and O–H groups in total. The summed E-state index contributed by atoms with van der Waals surface area (Å²) in [6.07, 6.45) is 3.63. The van der Waals surface area contributed by atoms with Crippen molar-refractivity contribution in [2.75, 3.05) is 6.54 Å². The molecule has 7 nitrogen and oxygen atoms in total. The molecule has 0 atom stereocenters. The van der Waals surface area contributed by atoms with Crippen LogP contribution < -0.4 is 5.32 Å². The van der Waals surface area contributed by atoms with Crippen molar-refractivity contribution >= 4 is 11.6 Å². The lowest BCUT2D eigenvalue weighted by Crippen LogP contribution is -2.27. The minimum atomic E-state index is -0.750. The van der Waals surface area contributed by atoms with Crippen molar-refractivity contribution in [2.45, 2.75) is 13.3 Å². The fourth-order valence-electron chi connectivity index (χ4n) is 1.85. The van der Waals surface area contributed by atoms with E-state index in [1.54, 1.807) is 6.20 Å². The van der Waals surface area contributed by atoms with Crippen LogP contribution in [-0.2, 0) is 6.42 Å². The lowest BCUT2D eigenvalue weighted by atomic mass is 10.1. The van der Waals surface area contributed by atoms with Gasteiger partial charge in [-0.2, -0.15) is 0 Å².